The third kappa shape index (κ3) is 9.26. The van der Waals surface area contributed by atoms with Gasteiger partial charge in [0.1, 0.15) is 0 Å². The molecule has 3 N–H and O–H groups in total. The Morgan fingerprint density at radius 2 is 1.53 bits per heavy atom. The molecule has 3 aromatic heterocycles. The molecule has 3 rings (SSSR count). The van der Waals surface area contributed by atoms with Crippen LogP contribution in [0, 0.1) is 0 Å². The number of rotatable bonds is 3. The van der Waals surface area contributed by atoms with Gasteiger partial charge >= 0.3 is 0 Å². The van der Waals surface area contributed by atoms with E-state index in [-0.39, 0.29) is 5.91 Å². The van der Waals surface area contributed by atoms with E-state index in [1.54, 1.807) is 42.7 Å². The molecule has 2 amide bonds. The molecule has 0 atom stereocenters. The maximum Gasteiger partial charge on any atom is 0.266 e. The van der Waals surface area contributed by atoms with Crippen LogP contribution in [0.5, 0.6) is 0 Å². The minimum atomic E-state index is -0.611. The van der Waals surface area contributed by atoms with Crippen molar-refractivity contribution in [2.24, 2.45) is 15.9 Å². The van der Waals surface area contributed by atoms with Crippen LogP contribution in [0.4, 0.5) is 5.69 Å². The van der Waals surface area contributed by atoms with Crippen molar-refractivity contribution in [3.05, 3.63) is 95.1 Å². The molecule has 0 unspecified atom stereocenters. The van der Waals surface area contributed by atoms with Crippen LogP contribution in [0.15, 0.2) is 83.7 Å². The summed E-state index contributed by atoms with van der Waals surface area (Å²) in [5.41, 5.74) is 11.2. The number of nitrogens with two attached hydrogens (primary N) is 1. The van der Waals surface area contributed by atoms with Crippen LogP contribution in [0.1, 0.15) is 20.7 Å². The number of nitrogens with one attached hydrogen (secondary N) is 1. The molecule has 0 aliphatic heterocycles. The van der Waals surface area contributed by atoms with E-state index in [1.807, 2.05) is 5.43 Å². The van der Waals surface area contributed by atoms with Gasteiger partial charge in [0.25, 0.3) is 11.8 Å². The summed E-state index contributed by atoms with van der Waals surface area (Å²) in [5, 5.41) is 2.90. The molecule has 12 nitrogen and oxygen atoms in total. The smallest absolute Gasteiger partial charge is 0.266 e. The molecule has 0 radical (unpaired) electrons. The average Bonchev–Trinajstić information content (AvgIpc) is 2.82. The van der Waals surface area contributed by atoms with Gasteiger partial charge in [-0.3, -0.25) is 30.0 Å². The highest BCUT2D eigenvalue weighted by Crippen LogP contribution is 2.04. The van der Waals surface area contributed by atoms with Crippen molar-refractivity contribution in [1.82, 2.24) is 20.4 Å². The Morgan fingerprint density at radius 1 is 0.967 bits per heavy atom. The van der Waals surface area contributed by atoms with Crippen molar-refractivity contribution < 1.29 is 14.4 Å². The summed E-state index contributed by atoms with van der Waals surface area (Å²) < 4.78 is 0. The summed E-state index contributed by atoms with van der Waals surface area (Å²) in [5.74, 6) is 3.94. The van der Waals surface area contributed by atoms with Gasteiger partial charge in [-0.05, 0) is 47.0 Å². The molecule has 0 aliphatic carbocycles. The van der Waals surface area contributed by atoms with Crippen LogP contribution < -0.4 is 11.3 Å². The molecule has 0 bridgehead atoms. The minimum Gasteiger partial charge on any atom is -0.290 e. The summed E-state index contributed by atoms with van der Waals surface area (Å²) >= 11 is 0. The van der Waals surface area contributed by atoms with Crippen molar-refractivity contribution in [3.63, 3.8) is 0 Å². The number of hydrogen-bond donors (Lipinski definition) is 2. The second-order valence-electron chi connectivity index (χ2n) is 4.87. The Morgan fingerprint density at radius 3 is 1.97 bits per heavy atom. The lowest BCUT2D eigenvalue weighted by Crippen LogP contribution is -2.29. The number of pyridine rings is 3. The number of aliphatic imine (C=N–C) groups is 1. The predicted molar refractivity (Wildman–Crippen MR) is 106 cm³/mol. The third-order valence-corrected chi connectivity index (χ3v) is 2.92. The summed E-state index contributed by atoms with van der Waals surface area (Å²) in [4.78, 5) is 48.0. The molecule has 150 valence electrons. The van der Waals surface area contributed by atoms with E-state index >= 15 is 0 Å². The third-order valence-electron chi connectivity index (χ3n) is 2.92. The first-order valence-corrected chi connectivity index (χ1v) is 8.00. The van der Waals surface area contributed by atoms with Crippen molar-refractivity contribution in [2.75, 3.05) is 0 Å². The maximum atomic E-state index is 10.8. The van der Waals surface area contributed by atoms with Crippen molar-refractivity contribution in [3.8, 4) is 0 Å². The number of hydrazine groups is 1. The van der Waals surface area contributed by atoms with E-state index in [1.165, 1.54) is 36.9 Å². The van der Waals surface area contributed by atoms with Crippen molar-refractivity contribution in [2.45, 2.75) is 0 Å². The van der Waals surface area contributed by atoms with Crippen LogP contribution in [-0.2, 0) is 4.79 Å². The Kier molecular flexibility index (Phi) is 11.1. The quantitative estimate of drug-likeness (QED) is 0.0975. The number of azide groups is 1. The Hall–Kier alpha value is -4.76. The van der Waals surface area contributed by atoms with Crippen LogP contribution in [-0.4, -0.2) is 32.8 Å². The van der Waals surface area contributed by atoms with Gasteiger partial charge in [-0.25, -0.2) is 10.6 Å². The van der Waals surface area contributed by atoms with Gasteiger partial charge in [0, 0.05) is 41.5 Å². The largest absolute Gasteiger partial charge is 0.290 e. The minimum absolute atomic E-state index is 0.297. The molecular weight excluding hydrogens is 390 g/mol. The highest BCUT2D eigenvalue weighted by Gasteiger charge is 2.00. The van der Waals surface area contributed by atoms with Gasteiger partial charge in [0.2, 0.25) is 6.08 Å². The van der Waals surface area contributed by atoms with Crippen LogP contribution in [0.3, 0.4) is 0 Å². The van der Waals surface area contributed by atoms with Gasteiger partial charge in [-0.1, -0.05) is 0 Å². The van der Waals surface area contributed by atoms with E-state index in [9.17, 15) is 14.4 Å². The van der Waals surface area contributed by atoms with E-state index in [0.717, 1.165) is 0 Å². The standard InChI is InChI=1S/C6H4N4O.C6H7N3O.C6H4N2O/c7-10-9-6(11)5-2-1-3-8-4-5;7-9-6(10)5-2-1-3-8-4-5;9-5-8-6-2-1-3-7-4-6/h1-4H;1-4H,7H2,(H,9,10);1-4H. The predicted octanol–water partition coefficient (Wildman–Crippen LogP) is 2.27. The van der Waals surface area contributed by atoms with Crippen LogP contribution in [0.25, 0.3) is 10.4 Å². The molecule has 0 saturated heterocycles. The van der Waals surface area contributed by atoms with Gasteiger partial charge in [-0.2, -0.15) is 4.99 Å². The molecule has 3 aromatic rings. The second kappa shape index (κ2) is 14.3. The monoisotopic (exact) mass is 405 g/mol. The van der Waals surface area contributed by atoms with Gasteiger partial charge in [-0.15, -0.1) is 0 Å². The number of carbonyl (C=O) groups excluding carboxylic acids is 3. The zero-order valence-corrected chi connectivity index (χ0v) is 15.4. The van der Waals surface area contributed by atoms with E-state index in [0.29, 0.717) is 16.8 Å². The molecule has 3 heterocycles. The van der Waals surface area contributed by atoms with Gasteiger partial charge in [0.15, 0.2) is 0 Å². The number of hydrogen-bond acceptors (Lipinski definition) is 8. The second-order valence-corrected chi connectivity index (χ2v) is 4.87. The number of amides is 2. The summed E-state index contributed by atoms with van der Waals surface area (Å²) in [7, 11) is 0. The first-order valence-electron chi connectivity index (χ1n) is 8.00. The maximum absolute atomic E-state index is 10.8. The highest BCUT2D eigenvalue weighted by molar-refractivity contribution is 5.94. The summed E-state index contributed by atoms with van der Waals surface area (Å²) in [6.07, 6.45) is 10.4. The molecule has 12 heteroatoms. The number of aromatic nitrogens is 3. The number of isocyanates is 1. The number of nitrogens with zero attached hydrogens (tertiary/aromatic N) is 7. The first-order chi connectivity index (χ1) is 14.6. The van der Waals surface area contributed by atoms with Crippen molar-refractivity contribution in [1.29, 1.82) is 0 Å². The zero-order valence-electron chi connectivity index (χ0n) is 15.4. The number of nitrogen functional groups attached to an aromatic ring is 1. The molecule has 0 spiro atoms. The fourth-order valence-corrected chi connectivity index (χ4v) is 1.64. The van der Waals surface area contributed by atoms with E-state index < -0.39 is 5.91 Å². The lowest BCUT2D eigenvalue weighted by molar-refractivity contribution is 0.0952. The molecule has 30 heavy (non-hydrogen) atoms. The molecular formula is C18H15N9O3. The molecule has 0 aromatic carbocycles. The normalized spacial score (nSPS) is 8.43. The fourth-order valence-electron chi connectivity index (χ4n) is 1.64. The van der Waals surface area contributed by atoms with Crippen LogP contribution >= 0.6 is 0 Å². The Balaban J connectivity index is 0.000000226. The first kappa shape index (κ1) is 23.3. The molecule has 0 saturated carbocycles. The lowest BCUT2D eigenvalue weighted by atomic mass is 10.3. The van der Waals surface area contributed by atoms with Crippen molar-refractivity contribution >= 4 is 23.6 Å². The lowest BCUT2D eigenvalue weighted by Gasteiger charge is -1.95. The average molecular weight is 405 g/mol. The van der Waals surface area contributed by atoms with E-state index in [2.05, 4.69) is 30.0 Å². The molecule has 0 aliphatic rings. The highest BCUT2D eigenvalue weighted by atomic mass is 16.2. The summed E-state index contributed by atoms with van der Waals surface area (Å²) in [6, 6.07) is 9.82. The number of carbonyl (C=O) groups is 2. The van der Waals surface area contributed by atoms with Gasteiger partial charge in [0.05, 0.1) is 17.4 Å². The molecule has 0 fully saturated rings. The SMILES string of the molecule is NNC(=O)c1cccnc1.O=C=Nc1cccnc1.[N-]=[N+]=NC(=O)c1cccnc1. The van der Waals surface area contributed by atoms with E-state index in [4.69, 9.17) is 11.4 Å². The summed E-state index contributed by atoms with van der Waals surface area (Å²) in [6.45, 7) is 0. The van der Waals surface area contributed by atoms with Crippen LogP contribution in [0.2, 0.25) is 0 Å². The fraction of sp³-hybridized carbons (Fsp3) is 0. The topological polar surface area (TPSA) is 189 Å². The Bertz CT molecular complexity index is 1020. The zero-order chi connectivity index (χ0) is 22.0. The van der Waals surface area contributed by atoms with Gasteiger partial charge < -0.3 is 0 Å². The Labute approximate surface area is 170 Å².